The van der Waals surface area contributed by atoms with E-state index in [-0.39, 0.29) is 0 Å². The molecule has 1 aromatic carbocycles. The van der Waals surface area contributed by atoms with Gasteiger partial charge in [-0.2, -0.15) is 0 Å². The van der Waals surface area contributed by atoms with E-state index in [1.807, 2.05) is 6.07 Å². The van der Waals surface area contributed by atoms with E-state index in [0.717, 1.165) is 0 Å². The van der Waals surface area contributed by atoms with Crippen LogP contribution in [0.25, 0.3) is 0 Å². The highest BCUT2D eigenvalue weighted by Gasteiger charge is 2.09. The third kappa shape index (κ3) is 1.27. The van der Waals surface area contributed by atoms with Crippen LogP contribution >= 0.6 is 0 Å². The van der Waals surface area contributed by atoms with Crippen molar-refractivity contribution in [3.8, 4) is 0 Å². The first-order valence-corrected chi connectivity index (χ1v) is 3.87. The molecule has 0 aliphatic carbocycles. The minimum absolute atomic E-state index is 0.510. The fourth-order valence-corrected chi connectivity index (χ4v) is 1.33. The molecule has 0 saturated heterocycles. The van der Waals surface area contributed by atoms with Crippen LogP contribution in [0.15, 0.2) is 54.4 Å². The van der Waals surface area contributed by atoms with E-state index < -0.39 is 0 Å². The predicted octanol–water partition coefficient (Wildman–Crippen LogP) is 1.59. The molecule has 0 radical (unpaired) electrons. The Bertz CT molecular complexity index is 273. The molecule has 0 atom stereocenters. The zero-order valence-corrected chi connectivity index (χ0v) is 6.27. The summed E-state index contributed by atoms with van der Waals surface area (Å²) in [4.78, 5) is 0. The van der Waals surface area contributed by atoms with Crippen LogP contribution in [-0.4, -0.2) is 6.71 Å². The van der Waals surface area contributed by atoms with Crippen molar-refractivity contribution in [2.24, 2.45) is 0 Å². The van der Waals surface area contributed by atoms with Crippen LogP contribution in [-0.2, 0) is 0 Å². The molecule has 0 amide bonds. The molecular formula is C10H9B. The van der Waals surface area contributed by atoms with Crippen LogP contribution < -0.4 is 5.46 Å². The van der Waals surface area contributed by atoms with Gasteiger partial charge in [-0.3, -0.25) is 0 Å². The lowest BCUT2D eigenvalue weighted by atomic mass is 9.47. The van der Waals surface area contributed by atoms with Crippen molar-refractivity contribution >= 4 is 12.2 Å². The second-order valence-electron chi connectivity index (χ2n) is 2.71. The van der Waals surface area contributed by atoms with Gasteiger partial charge in [0.1, 0.15) is 0 Å². The summed E-state index contributed by atoms with van der Waals surface area (Å²) in [5, 5.41) is 0. The number of allylic oxidation sites excluding steroid dienone is 2. The normalized spacial score (nSPS) is 14.4. The van der Waals surface area contributed by atoms with Gasteiger partial charge in [0, 0.05) is 0 Å². The van der Waals surface area contributed by atoms with Crippen molar-refractivity contribution in [2.75, 3.05) is 0 Å². The lowest BCUT2D eigenvalue weighted by Gasteiger charge is -1.99. The summed E-state index contributed by atoms with van der Waals surface area (Å²) in [5.74, 6) is 4.41. The van der Waals surface area contributed by atoms with Crippen LogP contribution in [0.5, 0.6) is 0 Å². The van der Waals surface area contributed by atoms with Crippen LogP contribution in [0.2, 0.25) is 0 Å². The highest BCUT2D eigenvalue weighted by Crippen LogP contribution is 1.98. The Morgan fingerprint density at radius 2 is 1.45 bits per heavy atom. The van der Waals surface area contributed by atoms with Crippen molar-refractivity contribution in [3.63, 3.8) is 0 Å². The summed E-state index contributed by atoms with van der Waals surface area (Å²) in [7, 11) is 0. The van der Waals surface area contributed by atoms with Gasteiger partial charge in [-0.25, -0.2) is 0 Å². The van der Waals surface area contributed by atoms with Gasteiger partial charge in [0.05, 0.1) is 0 Å². The SMILES string of the molecule is C1=CB(c2ccccc2)C=C1. The summed E-state index contributed by atoms with van der Waals surface area (Å²) in [6.45, 7) is 0.510. The van der Waals surface area contributed by atoms with Crippen LogP contribution in [0.3, 0.4) is 0 Å². The smallest absolute Gasteiger partial charge is 0.106 e. The summed E-state index contributed by atoms with van der Waals surface area (Å²) < 4.78 is 0. The number of benzene rings is 1. The third-order valence-electron chi connectivity index (χ3n) is 1.93. The molecule has 0 N–H and O–H groups in total. The van der Waals surface area contributed by atoms with Crippen LogP contribution in [0.1, 0.15) is 0 Å². The molecule has 0 nitrogen and oxygen atoms in total. The Balaban J connectivity index is 2.30. The summed E-state index contributed by atoms with van der Waals surface area (Å²) >= 11 is 0. The second-order valence-corrected chi connectivity index (χ2v) is 2.71. The van der Waals surface area contributed by atoms with Crippen molar-refractivity contribution < 1.29 is 0 Å². The average Bonchev–Trinajstić information content (AvgIpc) is 2.58. The van der Waals surface area contributed by atoms with Gasteiger partial charge in [-0.15, -0.1) is 12.0 Å². The monoisotopic (exact) mass is 140 g/mol. The molecule has 1 heterocycles. The topological polar surface area (TPSA) is 0 Å². The van der Waals surface area contributed by atoms with Gasteiger partial charge in [0.2, 0.25) is 6.71 Å². The molecule has 1 aliphatic heterocycles. The molecule has 1 heteroatoms. The molecule has 2 rings (SSSR count). The number of hydrogen-bond acceptors (Lipinski definition) is 0. The zero-order valence-electron chi connectivity index (χ0n) is 6.27. The van der Waals surface area contributed by atoms with Crippen molar-refractivity contribution in [1.29, 1.82) is 0 Å². The molecule has 0 aromatic heterocycles. The van der Waals surface area contributed by atoms with Gasteiger partial charge < -0.3 is 0 Å². The van der Waals surface area contributed by atoms with Gasteiger partial charge >= 0.3 is 0 Å². The number of hydrogen-bond donors (Lipinski definition) is 0. The van der Waals surface area contributed by atoms with Crippen molar-refractivity contribution in [3.05, 3.63) is 54.4 Å². The molecule has 0 saturated carbocycles. The fourth-order valence-electron chi connectivity index (χ4n) is 1.33. The molecular weight excluding hydrogens is 131 g/mol. The van der Waals surface area contributed by atoms with Crippen LogP contribution in [0, 0.1) is 0 Å². The van der Waals surface area contributed by atoms with E-state index >= 15 is 0 Å². The predicted molar refractivity (Wildman–Crippen MR) is 50.1 cm³/mol. The minimum Gasteiger partial charge on any atom is -0.106 e. The maximum atomic E-state index is 2.20. The highest BCUT2D eigenvalue weighted by atomic mass is 13.8. The Morgan fingerprint density at radius 3 is 2.09 bits per heavy atom. The van der Waals surface area contributed by atoms with Crippen molar-refractivity contribution in [2.45, 2.75) is 0 Å². The Labute approximate surface area is 67.3 Å². The van der Waals surface area contributed by atoms with Gasteiger partial charge in [-0.05, 0) is 0 Å². The molecule has 1 aromatic rings. The van der Waals surface area contributed by atoms with Crippen molar-refractivity contribution in [1.82, 2.24) is 0 Å². The fraction of sp³-hybridized carbons (Fsp3) is 0. The minimum atomic E-state index is 0.510. The highest BCUT2D eigenvalue weighted by molar-refractivity contribution is 6.82. The Hall–Kier alpha value is -1.24. The largest absolute Gasteiger partial charge is 0.226 e. The first kappa shape index (κ1) is 6.47. The summed E-state index contributed by atoms with van der Waals surface area (Å²) in [5.41, 5.74) is 1.37. The van der Waals surface area contributed by atoms with E-state index in [1.165, 1.54) is 5.46 Å². The van der Waals surface area contributed by atoms with E-state index in [0.29, 0.717) is 6.71 Å². The first-order chi connectivity index (χ1) is 5.47. The third-order valence-corrected chi connectivity index (χ3v) is 1.93. The molecule has 0 fully saturated rings. The molecule has 0 bridgehead atoms. The lowest BCUT2D eigenvalue weighted by molar-refractivity contribution is 1.76. The zero-order chi connectivity index (χ0) is 7.52. The summed E-state index contributed by atoms with van der Waals surface area (Å²) in [6, 6.07) is 10.5. The Kier molecular flexibility index (Phi) is 1.64. The maximum Gasteiger partial charge on any atom is 0.226 e. The van der Waals surface area contributed by atoms with Gasteiger partial charge in [-0.1, -0.05) is 47.9 Å². The van der Waals surface area contributed by atoms with E-state index in [4.69, 9.17) is 0 Å². The molecule has 0 spiro atoms. The van der Waals surface area contributed by atoms with E-state index in [9.17, 15) is 0 Å². The lowest BCUT2D eigenvalue weighted by Crippen LogP contribution is -2.24. The maximum absolute atomic E-state index is 2.20. The van der Waals surface area contributed by atoms with Gasteiger partial charge in [0.25, 0.3) is 0 Å². The molecule has 52 valence electrons. The van der Waals surface area contributed by atoms with E-state index in [2.05, 4.69) is 48.4 Å². The molecule has 0 unspecified atom stereocenters. The second kappa shape index (κ2) is 2.79. The number of rotatable bonds is 1. The van der Waals surface area contributed by atoms with E-state index in [1.54, 1.807) is 0 Å². The quantitative estimate of drug-likeness (QED) is 0.519. The first-order valence-electron chi connectivity index (χ1n) is 3.87. The van der Waals surface area contributed by atoms with Crippen LogP contribution in [0.4, 0.5) is 0 Å². The van der Waals surface area contributed by atoms with Gasteiger partial charge in [0.15, 0.2) is 0 Å². The molecule has 11 heavy (non-hydrogen) atoms. The summed E-state index contributed by atoms with van der Waals surface area (Å²) in [6.07, 6.45) is 4.19. The molecule has 1 aliphatic rings. The standard InChI is InChI=1S/C10H9B/c1-2-6-10(7-3-1)11-8-4-5-9-11/h1-9H. The average molecular weight is 140 g/mol. The Morgan fingerprint density at radius 1 is 0.818 bits per heavy atom.